The van der Waals surface area contributed by atoms with Gasteiger partial charge in [-0.3, -0.25) is 0 Å². The molecule has 0 amide bonds. The van der Waals surface area contributed by atoms with E-state index in [2.05, 4.69) is 22.6 Å². The number of thiol groups is 1. The number of rotatable bonds is 3. The third-order valence-electron chi connectivity index (χ3n) is 2.23. The Labute approximate surface area is 100 Å². The van der Waals surface area contributed by atoms with Crippen molar-refractivity contribution in [1.82, 2.24) is 9.97 Å². The van der Waals surface area contributed by atoms with E-state index < -0.39 is 0 Å². The summed E-state index contributed by atoms with van der Waals surface area (Å²) in [6.45, 7) is 3.88. The maximum atomic E-state index is 5.55. The molecule has 84 valence electrons. The molecule has 2 rings (SSSR count). The number of furan rings is 1. The lowest BCUT2D eigenvalue weighted by Crippen LogP contribution is -1.99. The topological polar surface area (TPSA) is 38.9 Å². The molecule has 0 radical (unpaired) electrons. The summed E-state index contributed by atoms with van der Waals surface area (Å²) in [4.78, 5) is 8.81. The molecule has 2 aromatic rings. The van der Waals surface area contributed by atoms with Gasteiger partial charge in [0.1, 0.15) is 17.3 Å². The molecule has 0 aliphatic rings. The third-order valence-corrected chi connectivity index (χ3v) is 2.45. The molecule has 0 aliphatic carbocycles. The van der Waals surface area contributed by atoms with E-state index in [-0.39, 0.29) is 0 Å². The van der Waals surface area contributed by atoms with Gasteiger partial charge in [-0.15, -0.1) is 0 Å². The van der Waals surface area contributed by atoms with Gasteiger partial charge >= 0.3 is 0 Å². The predicted octanol–water partition coefficient (Wildman–Crippen LogP) is 2.83. The molecular weight excluding hydrogens is 220 g/mol. The molecule has 0 aliphatic heterocycles. The highest BCUT2D eigenvalue weighted by atomic mass is 32.1. The fraction of sp³-hybridized carbons (Fsp3) is 0.333. The lowest BCUT2D eigenvalue weighted by atomic mass is 10.2. The zero-order valence-corrected chi connectivity index (χ0v) is 10.3. The number of hydrogen-bond acceptors (Lipinski definition) is 4. The van der Waals surface area contributed by atoms with Crippen molar-refractivity contribution in [1.29, 1.82) is 0 Å². The molecule has 2 heterocycles. The first-order valence-corrected chi connectivity index (χ1v) is 5.84. The van der Waals surface area contributed by atoms with Gasteiger partial charge in [-0.05, 0) is 37.8 Å². The van der Waals surface area contributed by atoms with Gasteiger partial charge in [-0.2, -0.15) is 12.6 Å². The number of aromatic nitrogens is 2. The molecular formula is C12H14N2OS. The molecule has 0 N–H and O–H groups in total. The first-order chi connectivity index (χ1) is 7.69. The SMILES string of the molecule is Cc1cc(-c2ccc(C)o2)nc(CCS)n1. The van der Waals surface area contributed by atoms with Gasteiger partial charge in [0, 0.05) is 12.1 Å². The van der Waals surface area contributed by atoms with E-state index in [4.69, 9.17) is 4.42 Å². The first-order valence-electron chi connectivity index (χ1n) is 5.21. The Morgan fingerprint density at radius 2 is 2.06 bits per heavy atom. The van der Waals surface area contributed by atoms with Crippen LogP contribution in [0.2, 0.25) is 0 Å². The van der Waals surface area contributed by atoms with Crippen LogP contribution in [0, 0.1) is 13.8 Å². The van der Waals surface area contributed by atoms with Crippen LogP contribution in [0.1, 0.15) is 17.3 Å². The van der Waals surface area contributed by atoms with Crippen LogP contribution >= 0.6 is 12.6 Å². The summed E-state index contributed by atoms with van der Waals surface area (Å²) in [5.41, 5.74) is 1.80. The smallest absolute Gasteiger partial charge is 0.152 e. The highest BCUT2D eigenvalue weighted by Crippen LogP contribution is 2.20. The number of nitrogens with zero attached hydrogens (tertiary/aromatic N) is 2. The van der Waals surface area contributed by atoms with Crippen LogP contribution in [0.3, 0.4) is 0 Å². The van der Waals surface area contributed by atoms with Crippen molar-refractivity contribution in [3.05, 3.63) is 35.5 Å². The van der Waals surface area contributed by atoms with Crippen molar-refractivity contribution < 1.29 is 4.42 Å². The Hall–Kier alpha value is -1.29. The second-order valence-corrected chi connectivity index (χ2v) is 4.14. The summed E-state index contributed by atoms with van der Waals surface area (Å²) in [6, 6.07) is 5.80. The van der Waals surface area contributed by atoms with Gasteiger partial charge < -0.3 is 4.42 Å². The third kappa shape index (κ3) is 2.44. The predicted molar refractivity (Wildman–Crippen MR) is 66.8 cm³/mol. The highest BCUT2D eigenvalue weighted by Gasteiger charge is 2.07. The van der Waals surface area contributed by atoms with Crippen molar-refractivity contribution in [3.8, 4) is 11.5 Å². The molecule has 0 spiro atoms. The molecule has 0 saturated heterocycles. The standard InChI is InChI=1S/C12H14N2OS/c1-8-7-10(11-4-3-9(2)15-11)14-12(13-8)5-6-16/h3-4,7,16H,5-6H2,1-2H3. The normalized spacial score (nSPS) is 10.7. The Kier molecular flexibility index (Phi) is 3.29. The van der Waals surface area contributed by atoms with Gasteiger partial charge in [0.15, 0.2) is 5.76 Å². The molecule has 16 heavy (non-hydrogen) atoms. The number of hydrogen-bond donors (Lipinski definition) is 1. The average Bonchev–Trinajstić information content (AvgIpc) is 2.64. The minimum atomic E-state index is 0.750. The van der Waals surface area contributed by atoms with E-state index in [1.807, 2.05) is 32.0 Å². The van der Waals surface area contributed by atoms with Crippen LogP contribution < -0.4 is 0 Å². The van der Waals surface area contributed by atoms with Crippen molar-refractivity contribution in [2.45, 2.75) is 20.3 Å². The second kappa shape index (κ2) is 4.70. The quantitative estimate of drug-likeness (QED) is 0.830. The van der Waals surface area contributed by atoms with E-state index in [0.29, 0.717) is 0 Å². The number of aryl methyl sites for hydroxylation is 3. The maximum Gasteiger partial charge on any atom is 0.152 e. The first kappa shape index (κ1) is 11.2. The van der Waals surface area contributed by atoms with Gasteiger partial charge in [0.2, 0.25) is 0 Å². The van der Waals surface area contributed by atoms with Crippen LogP contribution in [0.25, 0.3) is 11.5 Å². The fourth-order valence-electron chi connectivity index (χ4n) is 1.54. The van der Waals surface area contributed by atoms with E-state index in [1.165, 1.54) is 0 Å². The Bertz CT molecular complexity index is 494. The van der Waals surface area contributed by atoms with E-state index in [0.717, 1.165) is 40.9 Å². The zero-order valence-electron chi connectivity index (χ0n) is 9.40. The maximum absolute atomic E-state index is 5.55. The lowest BCUT2D eigenvalue weighted by molar-refractivity contribution is 0.545. The van der Waals surface area contributed by atoms with Crippen molar-refractivity contribution >= 4 is 12.6 Å². The monoisotopic (exact) mass is 234 g/mol. The summed E-state index contributed by atoms with van der Waals surface area (Å²) in [6.07, 6.45) is 0.775. The lowest BCUT2D eigenvalue weighted by Gasteiger charge is -2.02. The minimum Gasteiger partial charge on any atom is -0.460 e. The molecule has 3 nitrogen and oxygen atoms in total. The fourth-order valence-corrected chi connectivity index (χ4v) is 1.74. The highest BCUT2D eigenvalue weighted by molar-refractivity contribution is 7.80. The van der Waals surface area contributed by atoms with Crippen LogP contribution in [-0.4, -0.2) is 15.7 Å². The van der Waals surface area contributed by atoms with Crippen molar-refractivity contribution in [3.63, 3.8) is 0 Å². The molecule has 0 unspecified atom stereocenters. The minimum absolute atomic E-state index is 0.750. The Balaban J connectivity index is 2.40. The largest absolute Gasteiger partial charge is 0.460 e. The van der Waals surface area contributed by atoms with E-state index in [9.17, 15) is 0 Å². The van der Waals surface area contributed by atoms with Crippen LogP contribution in [-0.2, 0) is 6.42 Å². The summed E-state index contributed by atoms with van der Waals surface area (Å²) < 4.78 is 5.55. The average molecular weight is 234 g/mol. The Morgan fingerprint density at radius 1 is 1.25 bits per heavy atom. The van der Waals surface area contributed by atoms with Gasteiger partial charge in [0.05, 0.1) is 0 Å². The van der Waals surface area contributed by atoms with Gasteiger partial charge in [-0.25, -0.2) is 9.97 Å². The summed E-state index contributed by atoms with van der Waals surface area (Å²) in [7, 11) is 0. The zero-order chi connectivity index (χ0) is 11.5. The van der Waals surface area contributed by atoms with E-state index >= 15 is 0 Å². The molecule has 2 aromatic heterocycles. The van der Waals surface area contributed by atoms with Gasteiger partial charge in [0.25, 0.3) is 0 Å². The second-order valence-electron chi connectivity index (χ2n) is 3.69. The van der Waals surface area contributed by atoms with Crippen LogP contribution in [0.5, 0.6) is 0 Å². The van der Waals surface area contributed by atoms with Gasteiger partial charge in [-0.1, -0.05) is 0 Å². The molecule has 0 bridgehead atoms. The van der Waals surface area contributed by atoms with E-state index in [1.54, 1.807) is 0 Å². The van der Waals surface area contributed by atoms with Crippen molar-refractivity contribution in [2.75, 3.05) is 5.75 Å². The summed E-state index contributed by atoms with van der Waals surface area (Å²) in [5.74, 6) is 3.25. The molecule has 4 heteroatoms. The van der Waals surface area contributed by atoms with Crippen LogP contribution in [0.4, 0.5) is 0 Å². The van der Waals surface area contributed by atoms with Crippen molar-refractivity contribution in [2.24, 2.45) is 0 Å². The Morgan fingerprint density at radius 3 is 2.69 bits per heavy atom. The molecule has 0 fully saturated rings. The van der Waals surface area contributed by atoms with Crippen LogP contribution in [0.15, 0.2) is 22.6 Å². The summed E-state index contributed by atoms with van der Waals surface area (Å²) >= 11 is 4.19. The molecule has 0 saturated carbocycles. The molecule has 0 aromatic carbocycles. The summed E-state index contributed by atoms with van der Waals surface area (Å²) in [5, 5.41) is 0. The molecule has 0 atom stereocenters.